The number of aromatic nitrogens is 3. The smallest absolute Gasteiger partial charge is 0.252 e. The van der Waals surface area contributed by atoms with Crippen LogP contribution in [0.25, 0.3) is 11.0 Å². The molecule has 2 fully saturated rings. The molecule has 9 nitrogen and oxygen atoms in total. The summed E-state index contributed by atoms with van der Waals surface area (Å²) in [4.78, 5) is 40.2. The van der Waals surface area contributed by atoms with E-state index >= 15 is 0 Å². The summed E-state index contributed by atoms with van der Waals surface area (Å²) < 4.78 is 1.71. The first-order valence-corrected chi connectivity index (χ1v) is 12.9. The highest BCUT2D eigenvalue weighted by atomic mass is 16.2. The fourth-order valence-corrected chi connectivity index (χ4v) is 5.25. The summed E-state index contributed by atoms with van der Waals surface area (Å²) >= 11 is 0. The standard InChI is InChI=1S/C28H35N7O2/c1-5-25(36)33-17-21(18-33)12-13-34-26(37)11-6-22-14-29-28(31-27(22)34)30-23-7-9-24(10-8-23)35-16-19(2)32(4)15-20(35)3/h5-11,14,19-21H,1,12-13,15-18H2,2-4H3,(H,29,30,31)/t19-,20+/m1/s1. The van der Waals surface area contributed by atoms with E-state index in [0.29, 0.717) is 49.2 Å². The number of anilines is 3. The fourth-order valence-electron chi connectivity index (χ4n) is 5.25. The van der Waals surface area contributed by atoms with E-state index in [0.717, 1.165) is 30.6 Å². The number of aryl methyl sites for hydroxylation is 1. The maximum Gasteiger partial charge on any atom is 0.252 e. The van der Waals surface area contributed by atoms with Gasteiger partial charge in [0.1, 0.15) is 5.65 Å². The van der Waals surface area contributed by atoms with Gasteiger partial charge in [0.15, 0.2) is 0 Å². The molecule has 0 spiro atoms. The zero-order valence-corrected chi connectivity index (χ0v) is 21.8. The van der Waals surface area contributed by atoms with Crippen LogP contribution in [0.2, 0.25) is 0 Å². The zero-order chi connectivity index (χ0) is 26.1. The number of likely N-dealkylation sites (N-methyl/N-ethyl adjacent to an activating group) is 1. The van der Waals surface area contributed by atoms with Crippen molar-refractivity contribution in [2.24, 2.45) is 5.92 Å². The molecule has 37 heavy (non-hydrogen) atoms. The van der Waals surface area contributed by atoms with E-state index in [9.17, 15) is 9.59 Å². The minimum atomic E-state index is -0.0876. The molecule has 194 valence electrons. The van der Waals surface area contributed by atoms with Crippen molar-refractivity contribution in [3.63, 3.8) is 0 Å². The molecule has 2 aromatic heterocycles. The van der Waals surface area contributed by atoms with Gasteiger partial charge in [-0.3, -0.25) is 19.1 Å². The number of hydrogen-bond donors (Lipinski definition) is 1. The van der Waals surface area contributed by atoms with Crippen molar-refractivity contribution < 1.29 is 4.79 Å². The van der Waals surface area contributed by atoms with Crippen molar-refractivity contribution in [2.75, 3.05) is 43.4 Å². The summed E-state index contributed by atoms with van der Waals surface area (Å²) in [5, 5.41) is 4.11. The molecular weight excluding hydrogens is 466 g/mol. The lowest BCUT2D eigenvalue weighted by atomic mass is 9.96. The van der Waals surface area contributed by atoms with Crippen LogP contribution in [0.1, 0.15) is 20.3 Å². The molecule has 3 aromatic rings. The number of benzene rings is 1. The van der Waals surface area contributed by atoms with E-state index in [4.69, 9.17) is 4.98 Å². The minimum absolute atomic E-state index is 0.0392. The number of hydrogen-bond acceptors (Lipinski definition) is 7. The third kappa shape index (κ3) is 5.22. The summed E-state index contributed by atoms with van der Waals surface area (Å²) in [6.07, 6.45) is 3.89. The van der Waals surface area contributed by atoms with Gasteiger partial charge in [-0.25, -0.2) is 4.98 Å². The zero-order valence-electron chi connectivity index (χ0n) is 21.8. The predicted octanol–water partition coefficient (Wildman–Crippen LogP) is 3.10. The van der Waals surface area contributed by atoms with Crippen molar-refractivity contribution in [2.45, 2.75) is 38.9 Å². The molecule has 5 rings (SSSR count). The Kier molecular flexibility index (Phi) is 6.97. The Balaban J connectivity index is 1.29. The van der Waals surface area contributed by atoms with Crippen LogP contribution in [-0.2, 0) is 11.3 Å². The lowest BCUT2D eigenvalue weighted by Gasteiger charge is -2.43. The van der Waals surface area contributed by atoms with Crippen LogP contribution in [0.4, 0.5) is 17.3 Å². The van der Waals surface area contributed by atoms with Gasteiger partial charge in [-0.05, 0) is 69.6 Å². The van der Waals surface area contributed by atoms with Gasteiger partial charge in [0.25, 0.3) is 5.56 Å². The number of carbonyl (C=O) groups excluding carboxylic acids is 1. The molecule has 4 heterocycles. The number of carbonyl (C=O) groups is 1. The van der Waals surface area contributed by atoms with E-state index < -0.39 is 0 Å². The molecule has 1 N–H and O–H groups in total. The Hall–Kier alpha value is -3.72. The minimum Gasteiger partial charge on any atom is -0.366 e. The normalized spacial score (nSPS) is 20.6. The molecule has 9 heteroatoms. The van der Waals surface area contributed by atoms with Gasteiger partial charge >= 0.3 is 0 Å². The molecule has 0 aliphatic carbocycles. The lowest BCUT2D eigenvalue weighted by molar-refractivity contribution is -0.132. The molecular formula is C28H35N7O2. The van der Waals surface area contributed by atoms with Gasteiger partial charge in [0.2, 0.25) is 11.9 Å². The van der Waals surface area contributed by atoms with Crippen molar-refractivity contribution in [1.82, 2.24) is 24.3 Å². The van der Waals surface area contributed by atoms with Crippen molar-refractivity contribution in [3.8, 4) is 0 Å². The molecule has 1 aromatic carbocycles. The molecule has 0 bridgehead atoms. The van der Waals surface area contributed by atoms with Gasteiger partial charge in [0, 0.05) is 73.8 Å². The van der Waals surface area contributed by atoms with E-state index in [1.165, 1.54) is 11.8 Å². The highest BCUT2D eigenvalue weighted by Crippen LogP contribution is 2.26. The number of piperazine rings is 1. The maximum atomic E-state index is 12.7. The molecule has 2 aliphatic rings. The van der Waals surface area contributed by atoms with Gasteiger partial charge in [-0.15, -0.1) is 0 Å². The van der Waals surface area contributed by atoms with Gasteiger partial charge < -0.3 is 15.1 Å². The predicted molar refractivity (Wildman–Crippen MR) is 147 cm³/mol. The van der Waals surface area contributed by atoms with Crippen LogP contribution in [0.5, 0.6) is 0 Å². The molecule has 2 saturated heterocycles. The fraction of sp³-hybridized carbons (Fsp3) is 0.429. The highest BCUT2D eigenvalue weighted by Gasteiger charge is 2.29. The average Bonchev–Trinajstić information content (AvgIpc) is 2.86. The van der Waals surface area contributed by atoms with Gasteiger partial charge in [0.05, 0.1) is 0 Å². The summed E-state index contributed by atoms with van der Waals surface area (Å²) in [6.45, 7) is 12.1. The molecule has 0 saturated carbocycles. The molecule has 1 amide bonds. The summed E-state index contributed by atoms with van der Waals surface area (Å²) in [7, 11) is 2.18. The van der Waals surface area contributed by atoms with Gasteiger partial charge in [-0.1, -0.05) is 6.58 Å². The summed E-state index contributed by atoms with van der Waals surface area (Å²) in [6, 6.07) is 12.6. The quantitative estimate of drug-likeness (QED) is 0.498. The number of pyridine rings is 1. The first-order chi connectivity index (χ1) is 17.8. The van der Waals surface area contributed by atoms with Crippen molar-refractivity contribution in [1.29, 1.82) is 0 Å². The second kappa shape index (κ2) is 10.3. The number of nitrogens with one attached hydrogen (secondary N) is 1. The number of rotatable bonds is 7. The van der Waals surface area contributed by atoms with Crippen LogP contribution in [-0.4, -0.2) is 75.6 Å². The Morgan fingerprint density at radius 2 is 1.84 bits per heavy atom. The number of fused-ring (bicyclic) bond motifs is 1. The SMILES string of the molecule is C=CC(=O)N1CC(CCn2c(=O)ccc3cnc(Nc4ccc(N5C[C@@H](C)N(C)C[C@@H]5C)cc4)nc32)C1. The average molecular weight is 502 g/mol. The Morgan fingerprint density at radius 1 is 1.08 bits per heavy atom. The lowest BCUT2D eigenvalue weighted by Crippen LogP contribution is -2.55. The summed E-state index contributed by atoms with van der Waals surface area (Å²) in [5.41, 5.74) is 2.62. The van der Waals surface area contributed by atoms with Crippen LogP contribution in [0.15, 0.2) is 60.0 Å². The molecule has 2 atom stereocenters. The Labute approximate surface area is 217 Å². The summed E-state index contributed by atoms with van der Waals surface area (Å²) in [5.74, 6) is 0.783. The van der Waals surface area contributed by atoms with Crippen LogP contribution in [0.3, 0.4) is 0 Å². The van der Waals surface area contributed by atoms with Crippen LogP contribution in [0, 0.1) is 5.92 Å². The largest absolute Gasteiger partial charge is 0.366 e. The van der Waals surface area contributed by atoms with E-state index in [1.54, 1.807) is 27.8 Å². The monoisotopic (exact) mass is 501 g/mol. The van der Waals surface area contributed by atoms with E-state index in [2.05, 4.69) is 59.7 Å². The number of amides is 1. The number of likely N-dealkylation sites (tertiary alicyclic amines) is 1. The molecule has 0 unspecified atom stereocenters. The van der Waals surface area contributed by atoms with E-state index in [1.807, 2.05) is 12.1 Å². The second-order valence-corrected chi connectivity index (χ2v) is 10.4. The van der Waals surface area contributed by atoms with Crippen LogP contribution >= 0.6 is 0 Å². The number of nitrogens with zero attached hydrogens (tertiary/aromatic N) is 6. The molecule has 2 aliphatic heterocycles. The first kappa shape index (κ1) is 25.0. The van der Waals surface area contributed by atoms with E-state index in [-0.39, 0.29) is 11.5 Å². The second-order valence-electron chi connectivity index (χ2n) is 10.4. The first-order valence-electron chi connectivity index (χ1n) is 12.9. The van der Waals surface area contributed by atoms with Crippen molar-refractivity contribution >= 4 is 34.3 Å². The highest BCUT2D eigenvalue weighted by molar-refractivity contribution is 5.87. The maximum absolute atomic E-state index is 12.7. The Bertz CT molecular complexity index is 1350. The van der Waals surface area contributed by atoms with Crippen LogP contribution < -0.4 is 15.8 Å². The van der Waals surface area contributed by atoms with Gasteiger partial charge in [-0.2, -0.15) is 4.98 Å². The molecule has 0 radical (unpaired) electrons. The topological polar surface area (TPSA) is 86.6 Å². The third-order valence-electron chi connectivity index (χ3n) is 7.68. The Morgan fingerprint density at radius 3 is 2.57 bits per heavy atom. The third-order valence-corrected chi connectivity index (χ3v) is 7.68. The van der Waals surface area contributed by atoms with Crippen molar-refractivity contribution in [3.05, 3.63) is 65.6 Å².